The van der Waals surface area contributed by atoms with Gasteiger partial charge in [0, 0.05) is 18.6 Å². The molecule has 0 unspecified atom stereocenters. The van der Waals surface area contributed by atoms with Crippen molar-refractivity contribution in [1.29, 1.82) is 0 Å². The van der Waals surface area contributed by atoms with Gasteiger partial charge in [-0.25, -0.2) is 0 Å². The van der Waals surface area contributed by atoms with Crippen LogP contribution in [0.3, 0.4) is 0 Å². The average molecular weight is 288 g/mol. The molecule has 2 rings (SSSR count). The fraction of sp³-hybridized carbons (Fsp3) is 0.0667. The van der Waals surface area contributed by atoms with Gasteiger partial charge in [-0.3, -0.25) is 9.59 Å². The molecule has 0 saturated carbocycles. The minimum Gasteiger partial charge on any atom is -0.508 e. The van der Waals surface area contributed by atoms with E-state index in [0.29, 0.717) is 12.6 Å². The Labute approximate surface area is 119 Å². The van der Waals surface area contributed by atoms with Crippen molar-refractivity contribution in [2.24, 2.45) is 0 Å². The molecule has 0 fully saturated rings. The van der Waals surface area contributed by atoms with Crippen LogP contribution in [0.25, 0.3) is 0 Å². The van der Waals surface area contributed by atoms with E-state index < -0.39 is 0 Å². The van der Waals surface area contributed by atoms with Gasteiger partial charge in [0.25, 0.3) is 0 Å². The van der Waals surface area contributed by atoms with Crippen LogP contribution in [-0.2, 0) is 6.42 Å². The number of carbonyl (C=O) groups is 2. The molecular weight excluding hydrogens is 276 g/mol. The number of aldehydes is 2. The lowest BCUT2D eigenvalue weighted by molar-refractivity contribution is 0.111. The fourth-order valence-corrected chi connectivity index (χ4v) is 1.96. The third-order valence-electron chi connectivity index (χ3n) is 3.09. The molecular formula is C15H12O6. The van der Waals surface area contributed by atoms with Crippen molar-refractivity contribution >= 4 is 12.6 Å². The maximum atomic E-state index is 10.8. The smallest absolute Gasteiger partial charge is 0.153 e. The zero-order valence-corrected chi connectivity index (χ0v) is 10.8. The number of benzene rings is 2. The van der Waals surface area contributed by atoms with Gasteiger partial charge in [-0.05, 0) is 23.3 Å². The maximum absolute atomic E-state index is 10.8. The highest BCUT2D eigenvalue weighted by atomic mass is 16.3. The number of phenolic OH excluding ortho intramolecular Hbond substituents is 4. The third-order valence-corrected chi connectivity index (χ3v) is 3.09. The minimum absolute atomic E-state index is 0.00308. The van der Waals surface area contributed by atoms with Crippen molar-refractivity contribution in [3.05, 3.63) is 46.5 Å². The molecule has 2 aromatic carbocycles. The van der Waals surface area contributed by atoms with E-state index in [9.17, 15) is 30.0 Å². The van der Waals surface area contributed by atoms with Gasteiger partial charge in [0.15, 0.2) is 12.6 Å². The summed E-state index contributed by atoms with van der Waals surface area (Å²) in [4.78, 5) is 21.6. The standard InChI is InChI=1S/C15H12O6/c16-6-10-2-8(12(18)4-14(10)20)1-9-3-11(7-17)15(21)5-13(9)19/h2-7,18-21H,1H2. The summed E-state index contributed by atoms with van der Waals surface area (Å²) in [5.41, 5.74) is 0.564. The van der Waals surface area contributed by atoms with E-state index in [0.717, 1.165) is 12.1 Å². The molecule has 4 N–H and O–H groups in total. The topological polar surface area (TPSA) is 115 Å². The van der Waals surface area contributed by atoms with Gasteiger partial charge in [0.2, 0.25) is 0 Å². The van der Waals surface area contributed by atoms with Crippen LogP contribution in [0.15, 0.2) is 24.3 Å². The summed E-state index contributed by atoms with van der Waals surface area (Å²) in [7, 11) is 0. The van der Waals surface area contributed by atoms with Gasteiger partial charge in [-0.2, -0.15) is 0 Å². The van der Waals surface area contributed by atoms with Crippen LogP contribution in [0.2, 0.25) is 0 Å². The van der Waals surface area contributed by atoms with Crippen molar-refractivity contribution in [3.63, 3.8) is 0 Å². The second-order valence-electron chi connectivity index (χ2n) is 4.49. The Hall–Kier alpha value is -3.02. The summed E-state index contributed by atoms with van der Waals surface area (Å²) in [6.45, 7) is 0. The van der Waals surface area contributed by atoms with Gasteiger partial charge < -0.3 is 20.4 Å². The van der Waals surface area contributed by atoms with Crippen LogP contribution < -0.4 is 0 Å². The number of hydrogen-bond donors (Lipinski definition) is 4. The highest BCUT2D eigenvalue weighted by molar-refractivity contribution is 5.81. The number of carbonyl (C=O) groups excluding carboxylic acids is 2. The van der Waals surface area contributed by atoms with Crippen molar-refractivity contribution in [3.8, 4) is 23.0 Å². The number of phenols is 4. The predicted molar refractivity (Wildman–Crippen MR) is 73.1 cm³/mol. The van der Waals surface area contributed by atoms with Gasteiger partial charge in [-0.15, -0.1) is 0 Å². The molecule has 0 amide bonds. The minimum atomic E-state index is -0.352. The molecule has 0 bridgehead atoms. The van der Waals surface area contributed by atoms with Crippen LogP contribution in [0.1, 0.15) is 31.8 Å². The SMILES string of the molecule is O=Cc1cc(Cc2cc(C=O)c(O)cc2O)c(O)cc1O. The Morgan fingerprint density at radius 3 is 1.38 bits per heavy atom. The van der Waals surface area contributed by atoms with Gasteiger partial charge in [-0.1, -0.05) is 0 Å². The average Bonchev–Trinajstić information content (AvgIpc) is 2.44. The first-order valence-corrected chi connectivity index (χ1v) is 5.96. The van der Waals surface area contributed by atoms with Crippen molar-refractivity contribution in [2.75, 3.05) is 0 Å². The van der Waals surface area contributed by atoms with Gasteiger partial charge >= 0.3 is 0 Å². The highest BCUT2D eigenvalue weighted by Crippen LogP contribution is 2.32. The van der Waals surface area contributed by atoms with Gasteiger partial charge in [0.1, 0.15) is 23.0 Å². The summed E-state index contributed by atoms with van der Waals surface area (Å²) in [5.74, 6) is -1.21. The molecule has 0 spiro atoms. The Morgan fingerprint density at radius 1 is 0.667 bits per heavy atom. The van der Waals surface area contributed by atoms with Crippen LogP contribution in [0.5, 0.6) is 23.0 Å². The monoisotopic (exact) mass is 288 g/mol. The van der Waals surface area contributed by atoms with Gasteiger partial charge in [0.05, 0.1) is 11.1 Å². The molecule has 0 aliphatic carbocycles. The maximum Gasteiger partial charge on any atom is 0.153 e. The van der Waals surface area contributed by atoms with E-state index in [2.05, 4.69) is 0 Å². The zero-order valence-electron chi connectivity index (χ0n) is 10.8. The number of rotatable bonds is 4. The molecule has 21 heavy (non-hydrogen) atoms. The van der Waals surface area contributed by atoms with E-state index in [1.807, 2.05) is 0 Å². The predicted octanol–water partition coefficient (Wildman–Crippen LogP) is 1.72. The van der Waals surface area contributed by atoms with E-state index in [1.54, 1.807) is 0 Å². The van der Waals surface area contributed by atoms with Crippen LogP contribution in [0.4, 0.5) is 0 Å². The first kappa shape index (κ1) is 14.4. The Bertz CT molecular complexity index is 659. The van der Waals surface area contributed by atoms with Crippen molar-refractivity contribution in [1.82, 2.24) is 0 Å². The second kappa shape index (κ2) is 5.54. The van der Waals surface area contributed by atoms with Crippen molar-refractivity contribution < 1.29 is 30.0 Å². The van der Waals surface area contributed by atoms with E-state index in [4.69, 9.17) is 0 Å². The summed E-state index contributed by atoms with van der Waals surface area (Å²) in [5, 5.41) is 38.4. The normalized spacial score (nSPS) is 10.3. The molecule has 6 nitrogen and oxygen atoms in total. The van der Waals surface area contributed by atoms with Crippen LogP contribution in [-0.4, -0.2) is 33.0 Å². The third kappa shape index (κ3) is 2.79. The second-order valence-corrected chi connectivity index (χ2v) is 4.49. The highest BCUT2D eigenvalue weighted by Gasteiger charge is 2.13. The largest absolute Gasteiger partial charge is 0.508 e. The number of aromatic hydroxyl groups is 4. The lowest BCUT2D eigenvalue weighted by Gasteiger charge is -2.10. The first-order valence-electron chi connectivity index (χ1n) is 5.96. The van der Waals surface area contributed by atoms with Crippen LogP contribution >= 0.6 is 0 Å². The summed E-state index contributed by atoms with van der Waals surface area (Å²) in [6, 6.07) is 4.61. The van der Waals surface area contributed by atoms with E-state index in [1.165, 1.54) is 12.1 Å². The summed E-state index contributed by atoms with van der Waals surface area (Å²) in [6.07, 6.45) is 0.886. The molecule has 0 aliphatic rings. The fourth-order valence-electron chi connectivity index (χ4n) is 1.96. The quantitative estimate of drug-likeness (QED) is 0.637. The molecule has 108 valence electrons. The Morgan fingerprint density at radius 2 is 1.05 bits per heavy atom. The Balaban J connectivity index is 2.47. The zero-order chi connectivity index (χ0) is 15.6. The lowest BCUT2D eigenvalue weighted by Crippen LogP contribution is -1.94. The molecule has 0 aromatic heterocycles. The number of hydrogen-bond acceptors (Lipinski definition) is 6. The van der Waals surface area contributed by atoms with Crippen LogP contribution in [0, 0.1) is 0 Å². The van der Waals surface area contributed by atoms with E-state index >= 15 is 0 Å². The molecule has 6 heteroatoms. The van der Waals surface area contributed by atoms with E-state index in [-0.39, 0.29) is 51.7 Å². The molecule has 0 radical (unpaired) electrons. The first-order chi connectivity index (χ1) is 9.96. The molecule has 0 atom stereocenters. The molecule has 2 aromatic rings. The molecule has 0 saturated heterocycles. The molecule has 0 heterocycles. The summed E-state index contributed by atoms with van der Waals surface area (Å²) < 4.78 is 0. The Kier molecular flexibility index (Phi) is 3.80. The lowest BCUT2D eigenvalue weighted by atomic mass is 9.99. The molecule has 0 aliphatic heterocycles. The van der Waals surface area contributed by atoms with Crippen molar-refractivity contribution in [2.45, 2.75) is 6.42 Å². The summed E-state index contributed by atoms with van der Waals surface area (Å²) >= 11 is 0.